The number of halogens is 6. The first-order chi connectivity index (χ1) is 20.1. The zero-order valence-corrected chi connectivity index (χ0v) is 22.2. The van der Waals surface area contributed by atoms with Crippen molar-refractivity contribution in [1.82, 2.24) is 0 Å². The summed E-state index contributed by atoms with van der Waals surface area (Å²) in [4.78, 5) is 54.3. The molecule has 12 heteroatoms. The average molecular weight is 601 g/mol. The molecular formula is C31H21F6NO5. The number of para-hydroxylation sites is 1. The molecule has 2 aromatic rings. The normalized spacial score (nSPS) is 25.8. The van der Waals surface area contributed by atoms with Gasteiger partial charge in [-0.2, -0.15) is 26.3 Å². The molecule has 0 radical (unpaired) electrons. The van der Waals surface area contributed by atoms with Gasteiger partial charge in [-0.05, 0) is 56.0 Å². The largest absolute Gasteiger partial charge is 0.508 e. The minimum Gasteiger partial charge on any atom is -0.508 e. The van der Waals surface area contributed by atoms with Crippen LogP contribution in [0.1, 0.15) is 42.4 Å². The van der Waals surface area contributed by atoms with Crippen LogP contribution in [0, 0.1) is 17.8 Å². The van der Waals surface area contributed by atoms with Crippen LogP contribution in [0.5, 0.6) is 5.75 Å². The third kappa shape index (κ3) is 4.42. The molecule has 222 valence electrons. The smallest absolute Gasteiger partial charge is 0.416 e. The fourth-order valence-corrected chi connectivity index (χ4v) is 6.79. The molecule has 1 heterocycles. The van der Waals surface area contributed by atoms with Crippen molar-refractivity contribution in [3.63, 3.8) is 0 Å². The zero-order chi connectivity index (χ0) is 31.2. The number of anilines is 1. The van der Waals surface area contributed by atoms with Crippen LogP contribution >= 0.6 is 0 Å². The van der Waals surface area contributed by atoms with Gasteiger partial charge in [0.2, 0.25) is 11.8 Å². The Morgan fingerprint density at radius 2 is 1.49 bits per heavy atom. The second kappa shape index (κ2) is 9.51. The summed E-state index contributed by atoms with van der Waals surface area (Å²) in [5.41, 5.74) is -3.09. The van der Waals surface area contributed by atoms with Gasteiger partial charge in [0, 0.05) is 28.2 Å². The van der Waals surface area contributed by atoms with Gasteiger partial charge in [-0.25, -0.2) is 4.90 Å². The predicted octanol–water partition coefficient (Wildman–Crippen LogP) is 6.06. The molecule has 43 heavy (non-hydrogen) atoms. The highest BCUT2D eigenvalue weighted by molar-refractivity contribution is 6.25. The highest BCUT2D eigenvalue weighted by Gasteiger charge is 2.57. The lowest BCUT2D eigenvalue weighted by molar-refractivity contribution is -0.143. The summed E-state index contributed by atoms with van der Waals surface area (Å²) in [6, 6.07) is 6.69. The van der Waals surface area contributed by atoms with Crippen molar-refractivity contribution in [3.8, 4) is 5.75 Å². The van der Waals surface area contributed by atoms with Crippen molar-refractivity contribution in [2.24, 2.45) is 17.8 Å². The standard InChI is InChI=1S/C31H21F6NO5/c1-13-8-23(40)26-21(27(13)41)12-20-17(24(26)18-4-2-3-5-22(18)39)6-7-19-25(20)29(43)38(28(19)42)16-10-14(30(32,33)34)9-15(11-16)31(35,36)37/h2-6,8-11,19-20,24-25,39H,7,12H2,1H3/t19-,20+,24+,25-/m0/s1. The molecule has 2 aromatic carbocycles. The summed E-state index contributed by atoms with van der Waals surface area (Å²) < 4.78 is 81.5. The van der Waals surface area contributed by atoms with Gasteiger partial charge in [-0.1, -0.05) is 29.8 Å². The number of ketones is 2. The molecule has 4 aliphatic rings. The monoisotopic (exact) mass is 601 g/mol. The number of hydrogen-bond donors (Lipinski definition) is 1. The topological polar surface area (TPSA) is 91.8 Å². The number of phenolic OH excluding ortho intramolecular Hbond substituents is 1. The highest BCUT2D eigenvalue weighted by atomic mass is 19.4. The van der Waals surface area contributed by atoms with Gasteiger partial charge < -0.3 is 5.11 Å². The molecule has 1 N–H and O–H groups in total. The molecular weight excluding hydrogens is 580 g/mol. The molecule has 2 amide bonds. The van der Waals surface area contributed by atoms with Crippen LogP contribution in [0.15, 0.2) is 76.9 Å². The van der Waals surface area contributed by atoms with E-state index in [4.69, 9.17) is 0 Å². The number of carbonyl (C=O) groups is 4. The third-order valence-corrected chi connectivity index (χ3v) is 8.64. The Bertz CT molecular complexity index is 1700. The number of Topliss-reactive ketones (excluding diaryl/α,β-unsaturated/α-hetero) is 1. The number of imide groups is 1. The molecule has 6 nitrogen and oxygen atoms in total. The van der Waals surface area contributed by atoms with Gasteiger partial charge >= 0.3 is 12.4 Å². The molecule has 4 atom stereocenters. The molecule has 0 unspecified atom stereocenters. The maximum Gasteiger partial charge on any atom is 0.416 e. The number of benzene rings is 2. The lowest BCUT2D eigenvalue weighted by Crippen LogP contribution is -2.39. The zero-order valence-electron chi connectivity index (χ0n) is 22.2. The van der Waals surface area contributed by atoms with Gasteiger partial charge in [0.05, 0.1) is 28.7 Å². The van der Waals surface area contributed by atoms with Crippen molar-refractivity contribution in [1.29, 1.82) is 0 Å². The van der Waals surface area contributed by atoms with E-state index in [1.54, 1.807) is 24.3 Å². The summed E-state index contributed by atoms with van der Waals surface area (Å²) in [7, 11) is 0. The molecule has 0 aromatic heterocycles. The Kier molecular flexibility index (Phi) is 6.34. The van der Waals surface area contributed by atoms with Crippen molar-refractivity contribution >= 4 is 29.1 Å². The number of aromatic hydroxyl groups is 1. The van der Waals surface area contributed by atoms with Crippen LogP contribution in [-0.2, 0) is 31.5 Å². The van der Waals surface area contributed by atoms with Crippen LogP contribution in [0.2, 0.25) is 0 Å². The van der Waals surface area contributed by atoms with Crippen LogP contribution in [0.3, 0.4) is 0 Å². The van der Waals surface area contributed by atoms with E-state index in [1.165, 1.54) is 19.1 Å². The molecule has 0 spiro atoms. The second-order valence-electron chi connectivity index (χ2n) is 11.1. The maximum absolute atomic E-state index is 13.9. The van der Waals surface area contributed by atoms with Gasteiger partial charge in [0.25, 0.3) is 0 Å². The molecule has 0 bridgehead atoms. The number of amides is 2. The fraction of sp³-hybridized carbons (Fsp3) is 0.290. The number of hydrogen-bond acceptors (Lipinski definition) is 5. The van der Waals surface area contributed by atoms with E-state index in [1.807, 2.05) is 0 Å². The van der Waals surface area contributed by atoms with Gasteiger partial charge in [-0.15, -0.1) is 0 Å². The lowest BCUT2D eigenvalue weighted by atomic mass is 9.59. The van der Waals surface area contributed by atoms with Crippen LogP contribution in [-0.4, -0.2) is 28.5 Å². The van der Waals surface area contributed by atoms with Crippen LogP contribution < -0.4 is 4.90 Å². The van der Waals surface area contributed by atoms with Crippen molar-refractivity contribution in [2.45, 2.75) is 38.0 Å². The number of fused-ring (bicyclic) bond motifs is 3. The number of nitrogens with zero attached hydrogens (tertiary/aromatic N) is 1. The third-order valence-electron chi connectivity index (χ3n) is 8.64. The molecule has 1 aliphatic heterocycles. The number of rotatable bonds is 2. The minimum absolute atomic E-state index is 0.0884. The Morgan fingerprint density at radius 1 is 0.860 bits per heavy atom. The van der Waals surface area contributed by atoms with Crippen molar-refractivity contribution in [3.05, 3.63) is 93.6 Å². The minimum atomic E-state index is -5.19. The number of phenols is 1. The van der Waals surface area contributed by atoms with Crippen molar-refractivity contribution in [2.75, 3.05) is 4.90 Å². The van der Waals surface area contributed by atoms with Gasteiger partial charge in [0.1, 0.15) is 5.75 Å². The van der Waals surface area contributed by atoms with Gasteiger partial charge in [-0.3, -0.25) is 19.2 Å². The first-order valence-corrected chi connectivity index (χ1v) is 13.2. The SMILES string of the molecule is CC1=CC(=O)C2=C(C[C@@H]3C(=CC[C@@H]4C(=O)N(c5cc(C(F)(F)F)cc(C(F)(F)F)c5)C(=O)[C@@H]43)[C@@H]2c2ccccc2O)C1=O. The fourth-order valence-electron chi connectivity index (χ4n) is 6.79. The Morgan fingerprint density at radius 3 is 2.09 bits per heavy atom. The summed E-state index contributed by atoms with van der Waals surface area (Å²) >= 11 is 0. The molecule has 3 aliphatic carbocycles. The molecule has 1 fully saturated rings. The molecule has 0 saturated carbocycles. The summed E-state index contributed by atoms with van der Waals surface area (Å²) in [5.74, 6) is -7.26. The Labute approximate surface area is 240 Å². The average Bonchev–Trinajstić information content (AvgIpc) is 3.19. The van der Waals surface area contributed by atoms with E-state index in [0.717, 1.165) is 0 Å². The molecule has 6 rings (SSSR count). The quantitative estimate of drug-likeness (QED) is 0.196. The first kappa shape index (κ1) is 28.6. The molecule has 1 saturated heterocycles. The summed E-state index contributed by atoms with van der Waals surface area (Å²) in [6.45, 7) is 1.45. The Hall–Kier alpha value is -4.48. The number of carbonyl (C=O) groups excluding carboxylic acids is 4. The van der Waals surface area contributed by atoms with E-state index in [2.05, 4.69) is 0 Å². The predicted molar refractivity (Wildman–Crippen MR) is 138 cm³/mol. The van der Waals surface area contributed by atoms with Crippen LogP contribution in [0.25, 0.3) is 0 Å². The van der Waals surface area contributed by atoms with E-state index in [0.29, 0.717) is 22.6 Å². The Balaban J connectivity index is 1.48. The second-order valence-corrected chi connectivity index (χ2v) is 11.1. The first-order valence-electron chi connectivity index (χ1n) is 13.2. The maximum atomic E-state index is 13.9. The lowest BCUT2D eigenvalue weighted by Gasteiger charge is -2.42. The van der Waals surface area contributed by atoms with Crippen molar-refractivity contribution < 1.29 is 50.6 Å². The summed E-state index contributed by atoms with van der Waals surface area (Å²) in [5, 5.41) is 10.7. The number of alkyl halides is 6. The van der Waals surface area contributed by atoms with E-state index in [9.17, 15) is 50.6 Å². The van der Waals surface area contributed by atoms with E-state index >= 15 is 0 Å². The van der Waals surface area contributed by atoms with Crippen LogP contribution in [0.4, 0.5) is 32.0 Å². The number of allylic oxidation sites excluding steroid dienone is 6. The van der Waals surface area contributed by atoms with E-state index in [-0.39, 0.29) is 46.9 Å². The van der Waals surface area contributed by atoms with Gasteiger partial charge in [0.15, 0.2) is 11.6 Å². The van der Waals surface area contributed by atoms with E-state index < -0.39 is 76.2 Å². The highest BCUT2D eigenvalue weighted by Crippen LogP contribution is 2.56. The summed E-state index contributed by atoms with van der Waals surface area (Å²) in [6.07, 6.45) is -7.81.